The molecule has 3 aromatic rings. The summed E-state index contributed by atoms with van der Waals surface area (Å²) in [7, 11) is 0. The molecule has 0 unspecified atom stereocenters. The fourth-order valence-corrected chi connectivity index (χ4v) is 3.32. The number of nitrogens with zero attached hydrogens (tertiary/aromatic N) is 3. The van der Waals surface area contributed by atoms with Gasteiger partial charge in [0.05, 0.1) is 15.6 Å². The van der Waals surface area contributed by atoms with E-state index in [-0.39, 0.29) is 17.3 Å². The first kappa shape index (κ1) is 18.0. The van der Waals surface area contributed by atoms with Crippen LogP contribution < -0.4 is 5.32 Å². The molecule has 1 amide bonds. The number of nitro benzene ring substituents is 1. The number of anilines is 1. The van der Waals surface area contributed by atoms with Crippen molar-refractivity contribution in [3.63, 3.8) is 0 Å². The van der Waals surface area contributed by atoms with Crippen LogP contribution in [0.5, 0.6) is 0 Å². The van der Waals surface area contributed by atoms with Gasteiger partial charge in [0.25, 0.3) is 0 Å². The zero-order valence-electron chi connectivity index (χ0n) is 13.1. The van der Waals surface area contributed by atoms with Gasteiger partial charge in [-0.15, -0.1) is 21.5 Å². The van der Waals surface area contributed by atoms with Gasteiger partial charge in [-0.1, -0.05) is 17.8 Å². The van der Waals surface area contributed by atoms with Crippen molar-refractivity contribution in [3.8, 4) is 10.6 Å². The van der Waals surface area contributed by atoms with Crippen molar-refractivity contribution in [2.45, 2.75) is 5.03 Å². The molecule has 0 radical (unpaired) electrons. The number of amides is 1. The Morgan fingerprint density at radius 1 is 1.27 bits per heavy atom. The second-order valence-electron chi connectivity index (χ2n) is 4.99. The molecule has 0 saturated heterocycles. The monoisotopic (exact) mass is 390 g/mol. The molecule has 1 aromatic carbocycles. The van der Waals surface area contributed by atoms with Gasteiger partial charge < -0.3 is 5.32 Å². The third kappa shape index (κ3) is 4.41. The van der Waals surface area contributed by atoms with Crippen molar-refractivity contribution >= 4 is 40.4 Å². The van der Waals surface area contributed by atoms with Crippen molar-refractivity contribution in [1.82, 2.24) is 10.2 Å². The lowest BCUT2D eigenvalue weighted by atomic mass is 10.2. The molecular weight excluding hydrogens is 379 g/mol. The number of hydrogen-bond donors (Lipinski definition) is 1. The Balaban J connectivity index is 1.57. The molecule has 0 saturated carbocycles. The first-order valence-corrected chi connectivity index (χ1v) is 9.13. The topological polar surface area (TPSA) is 98.0 Å². The van der Waals surface area contributed by atoms with E-state index in [1.165, 1.54) is 17.8 Å². The molecule has 26 heavy (non-hydrogen) atoms. The van der Waals surface area contributed by atoms with Crippen LogP contribution >= 0.6 is 23.1 Å². The maximum absolute atomic E-state index is 13.3. The van der Waals surface area contributed by atoms with Gasteiger partial charge in [-0.05, 0) is 35.7 Å². The summed E-state index contributed by atoms with van der Waals surface area (Å²) in [6, 6.07) is 10.6. The highest BCUT2D eigenvalue weighted by molar-refractivity contribution is 7.99. The summed E-state index contributed by atoms with van der Waals surface area (Å²) in [6.07, 6.45) is 0. The number of thioether (sulfide) groups is 1. The van der Waals surface area contributed by atoms with Crippen LogP contribution in [0.15, 0.2) is 52.9 Å². The first-order chi connectivity index (χ1) is 12.5. The third-order valence-corrected chi connectivity index (χ3v) is 5.00. The number of carbonyl (C=O) groups excluding carboxylic acids is 1. The molecule has 0 aliphatic rings. The zero-order chi connectivity index (χ0) is 18.5. The number of nitro groups is 1. The van der Waals surface area contributed by atoms with E-state index in [1.54, 1.807) is 17.4 Å². The molecule has 0 aliphatic carbocycles. The number of aromatic nitrogens is 2. The Kier molecular flexibility index (Phi) is 5.54. The van der Waals surface area contributed by atoms with Gasteiger partial charge in [-0.2, -0.15) is 4.39 Å². The van der Waals surface area contributed by atoms with Gasteiger partial charge in [-0.25, -0.2) is 0 Å². The fraction of sp³-hybridized carbons (Fsp3) is 0.0625. The number of halogens is 1. The molecular formula is C16H11FN4O3S2. The molecule has 1 N–H and O–H groups in total. The van der Waals surface area contributed by atoms with E-state index in [4.69, 9.17) is 0 Å². The summed E-state index contributed by atoms with van der Waals surface area (Å²) in [5, 5.41) is 23.9. The Bertz CT molecular complexity index is 933. The molecule has 0 fully saturated rings. The Morgan fingerprint density at radius 3 is 2.77 bits per heavy atom. The smallest absolute Gasteiger partial charge is 0.306 e. The third-order valence-electron chi connectivity index (χ3n) is 3.19. The summed E-state index contributed by atoms with van der Waals surface area (Å²) in [5.74, 6) is -1.30. The van der Waals surface area contributed by atoms with E-state index >= 15 is 0 Å². The number of rotatable bonds is 6. The molecule has 10 heteroatoms. The molecule has 0 aliphatic heterocycles. The van der Waals surface area contributed by atoms with Gasteiger partial charge in [0.15, 0.2) is 0 Å². The lowest BCUT2D eigenvalue weighted by molar-refractivity contribution is -0.387. The van der Waals surface area contributed by atoms with Crippen LogP contribution in [0.2, 0.25) is 0 Å². The predicted octanol–water partition coefficient (Wildman–Crippen LogP) is 3.98. The molecule has 3 rings (SSSR count). The first-order valence-electron chi connectivity index (χ1n) is 7.27. The summed E-state index contributed by atoms with van der Waals surface area (Å²) >= 11 is 2.73. The number of nitrogens with one attached hydrogen (secondary N) is 1. The molecule has 0 bridgehead atoms. The predicted molar refractivity (Wildman–Crippen MR) is 97.8 cm³/mol. The van der Waals surface area contributed by atoms with Gasteiger partial charge in [0.1, 0.15) is 10.7 Å². The van der Waals surface area contributed by atoms with Crippen molar-refractivity contribution in [2.24, 2.45) is 0 Å². The highest BCUT2D eigenvalue weighted by Gasteiger charge is 2.15. The number of hydrogen-bond acceptors (Lipinski definition) is 7. The van der Waals surface area contributed by atoms with Crippen LogP contribution in [0.1, 0.15) is 0 Å². The lowest BCUT2D eigenvalue weighted by Gasteiger charge is -2.05. The van der Waals surface area contributed by atoms with Crippen LogP contribution in [0.4, 0.5) is 15.8 Å². The molecule has 2 aromatic heterocycles. The lowest BCUT2D eigenvalue weighted by Crippen LogP contribution is -2.14. The molecule has 7 nitrogen and oxygen atoms in total. The second kappa shape index (κ2) is 8.02. The van der Waals surface area contributed by atoms with Crippen molar-refractivity contribution in [2.75, 3.05) is 11.1 Å². The fourth-order valence-electron chi connectivity index (χ4n) is 2.02. The minimum absolute atomic E-state index is 0.0399. The standard InChI is InChI=1S/C16H11FN4O3S2/c17-11-4-3-10(8-13(11)21(23)24)18-15(22)9-26-16-6-5-12(19-20-16)14-2-1-7-25-14/h1-8H,9H2,(H,18,22). The average molecular weight is 390 g/mol. The van der Waals surface area contributed by atoms with E-state index in [9.17, 15) is 19.3 Å². The Morgan fingerprint density at radius 2 is 2.12 bits per heavy atom. The van der Waals surface area contributed by atoms with Crippen LogP contribution in [0.25, 0.3) is 10.6 Å². The number of thiophene rings is 1. The van der Waals surface area contributed by atoms with Crippen LogP contribution in [0, 0.1) is 15.9 Å². The quantitative estimate of drug-likeness (QED) is 0.388. The van der Waals surface area contributed by atoms with E-state index in [0.29, 0.717) is 5.03 Å². The normalized spacial score (nSPS) is 10.5. The minimum atomic E-state index is -0.955. The highest BCUT2D eigenvalue weighted by Crippen LogP contribution is 2.24. The Labute approximate surface area is 155 Å². The summed E-state index contributed by atoms with van der Waals surface area (Å²) in [6.45, 7) is 0. The molecule has 132 valence electrons. The van der Waals surface area contributed by atoms with E-state index in [0.717, 1.165) is 22.7 Å². The van der Waals surface area contributed by atoms with Crippen LogP contribution in [-0.4, -0.2) is 26.8 Å². The number of benzene rings is 1. The van der Waals surface area contributed by atoms with E-state index in [1.807, 2.05) is 23.6 Å². The van der Waals surface area contributed by atoms with Gasteiger partial charge >= 0.3 is 5.69 Å². The van der Waals surface area contributed by atoms with Crippen LogP contribution in [-0.2, 0) is 4.79 Å². The summed E-state index contributed by atoms with van der Waals surface area (Å²) < 4.78 is 13.3. The molecule has 2 heterocycles. The van der Waals surface area contributed by atoms with Gasteiger partial charge in [0.2, 0.25) is 11.7 Å². The summed E-state index contributed by atoms with van der Waals surface area (Å²) in [4.78, 5) is 22.8. The maximum Gasteiger partial charge on any atom is 0.306 e. The van der Waals surface area contributed by atoms with Crippen molar-refractivity contribution in [1.29, 1.82) is 0 Å². The van der Waals surface area contributed by atoms with E-state index in [2.05, 4.69) is 15.5 Å². The number of carbonyl (C=O) groups is 1. The molecule has 0 spiro atoms. The SMILES string of the molecule is O=C(CSc1ccc(-c2cccs2)nn1)Nc1ccc(F)c([N+](=O)[O-])c1. The maximum atomic E-state index is 13.3. The summed E-state index contributed by atoms with van der Waals surface area (Å²) in [5.41, 5.74) is 0.223. The highest BCUT2D eigenvalue weighted by atomic mass is 32.2. The average Bonchev–Trinajstić information content (AvgIpc) is 3.16. The van der Waals surface area contributed by atoms with Crippen molar-refractivity contribution in [3.05, 3.63) is 63.8 Å². The Hall–Kier alpha value is -2.85. The second-order valence-corrected chi connectivity index (χ2v) is 6.94. The zero-order valence-corrected chi connectivity index (χ0v) is 14.7. The van der Waals surface area contributed by atoms with E-state index < -0.39 is 16.4 Å². The largest absolute Gasteiger partial charge is 0.325 e. The van der Waals surface area contributed by atoms with Crippen molar-refractivity contribution < 1.29 is 14.1 Å². The minimum Gasteiger partial charge on any atom is -0.325 e. The molecule has 0 atom stereocenters. The van der Waals surface area contributed by atoms with Crippen LogP contribution in [0.3, 0.4) is 0 Å². The van der Waals surface area contributed by atoms with Gasteiger partial charge in [-0.3, -0.25) is 14.9 Å². The van der Waals surface area contributed by atoms with Gasteiger partial charge in [0, 0.05) is 11.8 Å².